The largest absolute Gasteiger partial charge is 0.490 e. The Morgan fingerprint density at radius 1 is 1.15 bits per heavy atom. The summed E-state index contributed by atoms with van der Waals surface area (Å²) < 4.78 is 11.9. The van der Waals surface area contributed by atoms with Crippen LogP contribution in [0, 0.1) is 0 Å². The van der Waals surface area contributed by atoms with Crippen molar-refractivity contribution in [1.29, 1.82) is 0 Å². The van der Waals surface area contributed by atoms with Crippen molar-refractivity contribution >= 4 is 35.0 Å². The first-order valence-electron chi connectivity index (χ1n) is 10.5. The summed E-state index contributed by atoms with van der Waals surface area (Å²) in [7, 11) is 0. The van der Waals surface area contributed by atoms with Crippen molar-refractivity contribution in [2.45, 2.75) is 26.9 Å². The second-order valence-corrected chi connectivity index (χ2v) is 8.14. The number of carboxylic acid groups (broad SMARTS) is 1. The summed E-state index contributed by atoms with van der Waals surface area (Å²) in [6.45, 7) is 8.40. The molecular formula is C25H25NO6S. The van der Waals surface area contributed by atoms with E-state index in [9.17, 15) is 14.4 Å². The molecule has 2 aromatic carbocycles. The highest BCUT2D eigenvalue weighted by atomic mass is 32.2. The van der Waals surface area contributed by atoms with Gasteiger partial charge in [-0.25, -0.2) is 4.79 Å². The molecule has 8 heteroatoms. The lowest BCUT2D eigenvalue weighted by atomic mass is 10.0. The Hall–Kier alpha value is -3.52. The lowest BCUT2D eigenvalue weighted by Crippen LogP contribution is -2.27. The Morgan fingerprint density at radius 2 is 1.88 bits per heavy atom. The van der Waals surface area contributed by atoms with Crippen LogP contribution in [0.5, 0.6) is 11.5 Å². The van der Waals surface area contributed by atoms with Crippen LogP contribution in [-0.4, -0.2) is 40.3 Å². The average molecular weight is 468 g/mol. The van der Waals surface area contributed by atoms with E-state index in [1.165, 1.54) is 17.0 Å². The van der Waals surface area contributed by atoms with E-state index in [1.807, 2.05) is 13.0 Å². The van der Waals surface area contributed by atoms with Crippen LogP contribution in [0.1, 0.15) is 40.9 Å². The van der Waals surface area contributed by atoms with E-state index >= 15 is 0 Å². The number of imide groups is 1. The minimum Gasteiger partial charge on any atom is -0.490 e. The molecule has 33 heavy (non-hydrogen) atoms. The van der Waals surface area contributed by atoms with Gasteiger partial charge in [-0.3, -0.25) is 14.5 Å². The first kappa shape index (κ1) is 24.1. The summed E-state index contributed by atoms with van der Waals surface area (Å²) >= 11 is 0.919. The summed E-state index contributed by atoms with van der Waals surface area (Å²) in [6.07, 6.45) is 3.93. The molecular weight excluding hydrogens is 442 g/mol. The summed E-state index contributed by atoms with van der Waals surface area (Å²) in [5.41, 5.74) is 2.55. The Kier molecular flexibility index (Phi) is 7.95. The molecule has 0 radical (unpaired) electrons. The quantitative estimate of drug-likeness (QED) is 0.382. The molecule has 1 aliphatic rings. The van der Waals surface area contributed by atoms with Crippen LogP contribution in [0.15, 0.2) is 54.0 Å². The maximum atomic E-state index is 12.5. The number of hydrogen-bond donors (Lipinski definition) is 1. The van der Waals surface area contributed by atoms with Crippen molar-refractivity contribution in [3.63, 3.8) is 0 Å². The molecule has 1 fully saturated rings. The molecule has 3 rings (SSSR count). The van der Waals surface area contributed by atoms with E-state index in [0.29, 0.717) is 36.0 Å². The fourth-order valence-corrected chi connectivity index (χ4v) is 4.23. The van der Waals surface area contributed by atoms with Crippen molar-refractivity contribution < 1.29 is 29.0 Å². The third kappa shape index (κ3) is 5.64. The fraction of sp³-hybridized carbons (Fsp3) is 0.240. The van der Waals surface area contributed by atoms with E-state index in [2.05, 4.69) is 6.58 Å². The zero-order chi connectivity index (χ0) is 24.0. The summed E-state index contributed by atoms with van der Waals surface area (Å²) in [5, 5.41) is 8.78. The summed E-state index contributed by atoms with van der Waals surface area (Å²) in [6, 6.07) is 10.1. The molecule has 0 bridgehead atoms. The number of amides is 2. The Labute approximate surface area is 196 Å². The Morgan fingerprint density at radius 3 is 2.45 bits per heavy atom. The van der Waals surface area contributed by atoms with E-state index in [0.717, 1.165) is 28.5 Å². The standard InChI is InChI=1S/C25H25NO6S/c1-4-7-19-12-17(14-21-23(27)26(5-2)25(30)33-21)13-20(31-6-3)22(19)32-15-16-8-10-18(11-9-16)24(28)29/h4,8-14H,1,5-7,15H2,2-3H3,(H,28,29)/b21-14+. The van der Waals surface area contributed by atoms with Crippen LogP contribution in [0.4, 0.5) is 4.79 Å². The third-order valence-electron chi connectivity index (χ3n) is 4.89. The van der Waals surface area contributed by atoms with Gasteiger partial charge < -0.3 is 14.6 Å². The molecule has 1 aliphatic heterocycles. The van der Waals surface area contributed by atoms with Gasteiger partial charge in [0.05, 0.1) is 17.1 Å². The molecule has 0 aliphatic carbocycles. The number of ether oxygens (including phenoxy) is 2. The molecule has 0 unspecified atom stereocenters. The van der Waals surface area contributed by atoms with Crippen LogP contribution in [0.2, 0.25) is 0 Å². The summed E-state index contributed by atoms with van der Waals surface area (Å²) in [5.74, 6) is -0.222. The summed E-state index contributed by atoms with van der Waals surface area (Å²) in [4.78, 5) is 37.1. The minimum absolute atomic E-state index is 0.206. The van der Waals surface area contributed by atoms with Crippen LogP contribution < -0.4 is 9.47 Å². The minimum atomic E-state index is -0.984. The van der Waals surface area contributed by atoms with Crippen molar-refractivity contribution in [1.82, 2.24) is 4.90 Å². The molecule has 7 nitrogen and oxygen atoms in total. The topological polar surface area (TPSA) is 93.1 Å². The lowest BCUT2D eigenvalue weighted by molar-refractivity contribution is -0.122. The van der Waals surface area contributed by atoms with Gasteiger partial charge in [0, 0.05) is 12.1 Å². The van der Waals surface area contributed by atoms with Crippen LogP contribution >= 0.6 is 11.8 Å². The van der Waals surface area contributed by atoms with E-state index in [1.54, 1.807) is 37.3 Å². The van der Waals surface area contributed by atoms with Crippen LogP contribution in [0.25, 0.3) is 6.08 Å². The number of carbonyl (C=O) groups is 3. The van der Waals surface area contributed by atoms with E-state index < -0.39 is 5.97 Å². The van der Waals surface area contributed by atoms with Gasteiger partial charge in [-0.2, -0.15) is 0 Å². The molecule has 2 aromatic rings. The fourth-order valence-electron chi connectivity index (χ4n) is 3.32. The van der Waals surface area contributed by atoms with Crippen LogP contribution in [0.3, 0.4) is 0 Å². The number of allylic oxidation sites excluding steroid dienone is 1. The van der Waals surface area contributed by atoms with Crippen molar-refractivity contribution in [3.05, 3.63) is 76.2 Å². The van der Waals surface area contributed by atoms with Gasteiger partial charge in [-0.1, -0.05) is 18.2 Å². The average Bonchev–Trinajstić information content (AvgIpc) is 3.06. The zero-order valence-corrected chi connectivity index (χ0v) is 19.3. The number of carbonyl (C=O) groups excluding carboxylic acids is 2. The molecule has 2 amide bonds. The number of likely N-dealkylation sites (N-methyl/N-ethyl adjacent to an activating group) is 1. The monoisotopic (exact) mass is 467 g/mol. The first-order chi connectivity index (χ1) is 15.9. The number of aromatic carboxylic acids is 1. The number of thioether (sulfide) groups is 1. The highest BCUT2D eigenvalue weighted by Gasteiger charge is 2.33. The highest BCUT2D eigenvalue weighted by molar-refractivity contribution is 8.18. The van der Waals surface area contributed by atoms with Crippen molar-refractivity contribution in [2.75, 3.05) is 13.2 Å². The van der Waals surface area contributed by atoms with Gasteiger partial charge in [-0.05, 0) is 73.5 Å². The van der Waals surface area contributed by atoms with Gasteiger partial charge in [0.2, 0.25) is 0 Å². The number of benzene rings is 2. The van der Waals surface area contributed by atoms with Crippen molar-refractivity contribution in [2.24, 2.45) is 0 Å². The molecule has 0 saturated carbocycles. The van der Waals surface area contributed by atoms with Crippen LogP contribution in [-0.2, 0) is 17.8 Å². The smallest absolute Gasteiger partial charge is 0.335 e. The first-order valence-corrected chi connectivity index (χ1v) is 11.3. The second-order valence-electron chi connectivity index (χ2n) is 7.15. The maximum absolute atomic E-state index is 12.5. The number of carboxylic acids is 1. The molecule has 0 spiro atoms. The molecule has 172 valence electrons. The molecule has 1 saturated heterocycles. The molecule has 1 heterocycles. The predicted molar refractivity (Wildman–Crippen MR) is 128 cm³/mol. The number of rotatable bonds is 10. The van der Waals surface area contributed by atoms with E-state index in [4.69, 9.17) is 14.6 Å². The van der Waals surface area contributed by atoms with Gasteiger partial charge in [-0.15, -0.1) is 6.58 Å². The predicted octanol–water partition coefficient (Wildman–Crippen LogP) is 5.15. The zero-order valence-electron chi connectivity index (χ0n) is 18.5. The van der Waals surface area contributed by atoms with Crippen molar-refractivity contribution in [3.8, 4) is 11.5 Å². The molecule has 1 N–H and O–H groups in total. The van der Waals surface area contributed by atoms with E-state index in [-0.39, 0.29) is 23.3 Å². The number of hydrogen-bond acceptors (Lipinski definition) is 6. The molecule has 0 aromatic heterocycles. The SMILES string of the molecule is C=CCc1cc(/C=C2/SC(=O)N(CC)C2=O)cc(OCC)c1OCc1ccc(C(=O)O)cc1. The van der Waals surface area contributed by atoms with Gasteiger partial charge in [0.1, 0.15) is 6.61 Å². The third-order valence-corrected chi connectivity index (χ3v) is 5.80. The highest BCUT2D eigenvalue weighted by Crippen LogP contribution is 2.37. The second kappa shape index (κ2) is 10.9. The Bertz CT molecular complexity index is 1110. The molecule has 0 atom stereocenters. The van der Waals surface area contributed by atoms with Gasteiger partial charge in [0.25, 0.3) is 11.1 Å². The van der Waals surface area contributed by atoms with Gasteiger partial charge in [0.15, 0.2) is 11.5 Å². The lowest BCUT2D eigenvalue weighted by Gasteiger charge is -2.17. The Balaban J connectivity index is 1.92. The normalized spacial score (nSPS) is 14.6. The number of nitrogens with zero attached hydrogens (tertiary/aromatic N) is 1. The van der Waals surface area contributed by atoms with Gasteiger partial charge >= 0.3 is 5.97 Å². The maximum Gasteiger partial charge on any atom is 0.335 e.